The predicted molar refractivity (Wildman–Crippen MR) is 93.3 cm³/mol. The highest BCUT2D eigenvalue weighted by Gasteiger charge is 2.25. The summed E-state index contributed by atoms with van der Waals surface area (Å²) in [6, 6.07) is 15.1. The van der Waals surface area contributed by atoms with Crippen LogP contribution >= 0.6 is 27.5 Å². The Morgan fingerprint density at radius 1 is 1.24 bits per heavy atom. The molecule has 2 nitrogen and oxygen atoms in total. The zero-order valence-electron chi connectivity index (χ0n) is 11.9. The summed E-state index contributed by atoms with van der Waals surface area (Å²) in [6.45, 7) is 4.93. The lowest BCUT2D eigenvalue weighted by atomic mass is 10.0. The van der Waals surface area contributed by atoms with Crippen LogP contribution in [0, 0.1) is 6.92 Å². The van der Waals surface area contributed by atoms with Crippen molar-refractivity contribution < 1.29 is 0 Å². The normalized spacial score (nSPS) is 18.8. The molecule has 1 unspecified atom stereocenters. The van der Waals surface area contributed by atoms with Crippen molar-refractivity contribution in [3.8, 4) is 0 Å². The third-order valence-electron chi connectivity index (χ3n) is 3.97. The molecule has 0 amide bonds. The fourth-order valence-electron chi connectivity index (χ4n) is 2.82. The van der Waals surface area contributed by atoms with E-state index in [0.29, 0.717) is 6.04 Å². The van der Waals surface area contributed by atoms with Gasteiger partial charge in [-0.3, -0.25) is 0 Å². The molecule has 0 spiro atoms. The summed E-state index contributed by atoms with van der Waals surface area (Å²) in [5.74, 6) is 0. The maximum Gasteiger partial charge on any atom is 0.0667 e. The molecular formula is C17H18BrClN2. The number of halogens is 2. The van der Waals surface area contributed by atoms with Crippen molar-refractivity contribution in [2.75, 3.05) is 24.5 Å². The fourth-order valence-corrected chi connectivity index (χ4v) is 3.67. The molecule has 2 aromatic rings. The van der Waals surface area contributed by atoms with E-state index in [4.69, 9.17) is 11.6 Å². The highest BCUT2D eigenvalue weighted by atomic mass is 79.9. The first-order chi connectivity index (χ1) is 10.2. The van der Waals surface area contributed by atoms with Gasteiger partial charge in [-0.2, -0.15) is 0 Å². The van der Waals surface area contributed by atoms with Gasteiger partial charge in [-0.1, -0.05) is 41.9 Å². The summed E-state index contributed by atoms with van der Waals surface area (Å²) in [6.07, 6.45) is 0. The van der Waals surface area contributed by atoms with Gasteiger partial charge in [0.25, 0.3) is 0 Å². The number of rotatable bonds is 2. The van der Waals surface area contributed by atoms with E-state index in [9.17, 15) is 0 Å². The highest BCUT2D eigenvalue weighted by Crippen LogP contribution is 2.37. The van der Waals surface area contributed by atoms with Gasteiger partial charge in [-0.05, 0) is 46.1 Å². The minimum atomic E-state index is 0.329. The fraction of sp³-hybridized carbons (Fsp3) is 0.294. The second kappa shape index (κ2) is 6.39. The first-order valence-electron chi connectivity index (χ1n) is 7.15. The summed E-state index contributed by atoms with van der Waals surface area (Å²) in [5, 5.41) is 4.31. The molecule has 1 aliphatic heterocycles. The van der Waals surface area contributed by atoms with Crippen LogP contribution in [0.4, 0.5) is 5.69 Å². The Morgan fingerprint density at radius 2 is 2.00 bits per heavy atom. The molecule has 2 aromatic carbocycles. The second-order valence-electron chi connectivity index (χ2n) is 5.38. The molecule has 3 rings (SSSR count). The SMILES string of the molecule is Cc1cc(Br)c(N2CCNCC2c2ccccc2)cc1Cl. The standard InChI is InChI=1S/C17H18BrClN2/c1-12-9-14(18)16(10-15(12)19)21-8-7-20-11-17(21)13-5-3-2-4-6-13/h2-6,9-10,17,20H,7-8,11H2,1H3. The van der Waals surface area contributed by atoms with E-state index < -0.39 is 0 Å². The van der Waals surface area contributed by atoms with Gasteiger partial charge in [0.2, 0.25) is 0 Å². The van der Waals surface area contributed by atoms with Gasteiger partial charge in [-0.15, -0.1) is 0 Å². The molecule has 0 radical (unpaired) electrons. The van der Waals surface area contributed by atoms with E-state index in [0.717, 1.165) is 34.7 Å². The Morgan fingerprint density at radius 3 is 2.76 bits per heavy atom. The molecular weight excluding hydrogens is 348 g/mol. The Balaban J connectivity index is 2.00. The number of hydrogen-bond donors (Lipinski definition) is 1. The molecule has 0 aliphatic carbocycles. The summed E-state index contributed by atoms with van der Waals surface area (Å²) < 4.78 is 1.10. The average Bonchev–Trinajstić information content (AvgIpc) is 2.52. The molecule has 4 heteroatoms. The summed E-state index contributed by atoms with van der Waals surface area (Å²) >= 11 is 10.0. The molecule has 21 heavy (non-hydrogen) atoms. The summed E-state index contributed by atoms with van der Waals surface area (Å²) in [4.78, 5) is 2.43. The van der Waals surface area contributed by atoms with Gasteiger partial charge < -0.3 is 10.2 Å². The van der Waals surface area contributed by atoms with E-state index in [1.165, 1.54) is 11.3 Å². The Bertz CT molecular complexity index is 630. The second-order valence-corrected chi connectivity index (χ2v) is 6.64. The van der Waals surface area contributed by atoms with Crippen LogP contribution in [-0.4, -0.2) is 19.6 Å². The van der Waals surface area contributed by atoms with Crippen molar-refractivity contribution in [3.05, 3.63) is 63.1 Å². The third kappa shape index (κ3) is 3.10. The van der Waals surface area contributed by atoms with Gasteiger partial charge in [0.15, 0.2) is 0 Å². The van der Waals surface area contributed by atoms with Crippen LogP contribution in [0.25, 0.3) is 0 Å². The maximum absolute atomic E-state index is 6.34. The first kappa shape index (κ1) is 14.9. The number of hydrogen-bond acceptors (Lipinski definition) is 2. The predicted octanol–water partition coefficient (Wildman–Crippen LogP) is 4.56. The zero-order chi connectivity index (χ0) is 14.8. The molecule has 0 saturated carbocycles. The van der Waals surface area contributed by atoms with Gasteiger partial charge in [-0.25, -0.2) is 0 Å². The average molecular weight is 366 g/mol. The van der Waals surface area contributed by atoms with E-state index in [2.05, 4.69) is 68.6 Å². The van der Waals surface area contributed by atoms with Crippen molar-refractivity contribution in [3.63, 3.8) is 0 Å². The van der Waals surface area contributed by atoms with Gasteiger partial charge in [0.1, 0.15) is 0 Å². The molecule has 1 atom stereocenters. The summed E-state index contributed by atoms with van der Waals surface area (Å²) in [5.41, 5.74) is 3.59. The molecule has 1 saturated heterocycles. The molecule has 0 aromatic heterocycles. The third-order valence-corrected chi connectivity index (χ3v) is 5.01. The van der Waals surface area contributed by atoms with E-state index in [1.807, 2.05) is 6.92 Å². The topological polar surface area (TPSA) is 15.3 Å². The van der Waals surface area contributed by atoms with Crippen LogP contribution in [0.3, 0.4) is 0 Å². The number of nitrogens with one attached hydrogen (secondary N) is 1. The van der Waals surface area contributed by atoms with E-state index in [1.54, 1.807) is 0 Å². The Kier molecular flexibility index (Phi) is 4.53. The minimum absolute atomic E-state index is 0.329. The van der Waals surface area contributed by atoms with Crippen LogP contribution in [0.2, 0.25) is 5.02 Å². The Hall–Kier alpha value is -1.03. The number of piperazine rings is 1. The highest BCUT2D eigenvalue weighted by molar-refractivity contribution is 9.10. The van der Waals surface area contributed by atoms with Crippen LogP contribution in [0.15, 0.2) is 46.9 Å². The smallest absolute Gasteiger partial charge is 0.0667 e. The zero-order valence-corrected chi connectivity index (χ0v) is 14.3. The summed E-state index contributed by atoms with van der Waals surface area (Å²) in [7, 11) is 0. The van der Waals surface area contributed by atoms with Crippen LogP contribution in [0.1, 0.15) is 17.2 Å². The lowest BCUT2D eigenvalue weighted by Crippen LogP contribution is -2.46. The molecule has 110 valence electrons. The molecule has 0 bridgehead atoms. The van der Waals surface area contributed by atoms with E-state index in [-0.39, 0.29) is 0 Å². The van der Waals surface area contributed by atoms with Crippen molar-refractivity contribution in [2.45, 2.75) is 13.0 Å². The number of anilines is 1. The Labute approximate surface area is 139 Å². The van der Waals surface area contributed by atoms with Gasteiger partial charge in [0, 0.05) is 29.1 Å². The lowest BCUT2D eigenvalue weighted by Gasteiger charge is -2.39. The first-order valence-corrected chi connectivity index (χ1v) is 8.32. The van der Waals surface area contributed by atoms with Crippen LogP contribution < -0.4 is 10.2 Å². The van der Waals surface area contributed by atoms with Crippen LogP contribution in [0.5, 0.6) is 0 Å². The maximum atomic E-state index is 6.34. The number of benzene rings is 2. The largest absolute Gasteiger partial charge is 0.361 e. The lowest BCUT2D eigenvalue weighted by molar-refractivity contribution is 0.489. The quantitative estimate of drug-likeness (QED) is 0.839. The molecule has 1 heterocycles. The van der Waals surface area contributed by atoms with Crippen molar-refractivity contribution in [1.29, 1.82) is 0 Å². The molecule has 1 aliphatic rings. The van der Waals surface area contributed by atoms with Crippen molar-refractivity contribution in [2.24, 2.45) is 0 Å². The number of nitrogens with zero attached hydrogens (tertiary/aromatic N) is 1. The molecule has 1 N–H and O–H groups in total. The van der Waals surface area contributed by atoms with Gasteiger partial charge >= 0.3 is 0 Å². The van der Waals surface area contributed by atoms with Crippen molar-refractivity contribution >= 4 is 33.2 Å². The van der Waals surface area contributed by atoms with Gasteiger partial charge in [0.05, 0.1) is 11.7 Å². The van der Waals surface area contributed by atoms with E-state index >= 15 is 0 Å². The number of aryl methyl sites for hydroxylation is 1. The molecule has 1 fully saturated rings. The van der Waals surface area contributed by atoms with Crippen LogP contribution in [-0.2, 0) is 0 Å². The monoisotopic (exact) mass is 364 g/mol. The van der Waals surface area contributed by atoms with Crippen molar-refractivity contribution in [1.82, 2.24) is 5.32 Å². The minimum Gasteiger partial charge on any atom is -0.361 e.